The fourth-order valence-corrected chi connectivity index (χ4v) is 3.93. The van der Waals surface area contributed by atoms with E-state index in [4.69, 9.17) is 4.74 Å². The van der Waals surface area contributed by atoms with E-state index in [1.807, 2.05) is 6.92 Å². The largest absolute Gasteiger partial charge is 0.424 e. The second-order valence-corrected chi connectivity index (χ2v) is 7.89. The van der Waals surface area contributed by atoms with Gasteiger partial charge in [-0.05, 0) is 48.9 Å². The van der Waals surface area contributed by atoms with E-state index in [1.165, 1.54) is 47.9 Å². The average Bonchev–Trinajstić information content (AvgIpc) is 2.93. The summed E-state index contributed by atoms with van der Waals surface area (Å²) in [6.45, 7) is 3.12. The predicted octanol–water partition coefficient (Wildman–Crippen LogP) is 3.65. The number of carbonyl (C=O) groups excluding carboxylic acids is 3. The highest BCUT2D eigenvalue weighted by atomic mass is 32.2. The van der Waals surface area contributed by atoms with Gasteiger partial charge in [-0.3, -0.25) is 19.3 Å². The van der Waals surface area contributed by atoms with Crippen LogP contribution in [0.15, 0.2) is 47.5 Å². The molecule has 0 aromatic heterocycles. The fourth-order valence-electron chi connectivity index (χ4n) is 2.78. The smallest absolute Gasteiger partial charge is 0.308 e. The minimum absolute atomic E-state index is 0.0796. The summed E-state index contributed by atoms with van der Waals surface area (Å²) in [4.78, 5) is 42.1. The first-order valence-electron chi connectivity index (χ1n) is 9.10. The molecule has 156 valence electrons. The molecule has 3 rings (SSSR count). The van der Waals surface area contributed by atoms with Crippen molar-refractivity contribution in [3.8, 4) is 5.75 Å². The molecule has 2 aromatic carbocycles. The van der Waals surface area contributed by atoms with Crippen molar-refractivity contribution >= 4 is 46.1 Å². The Morgan fingerprint density at radius 3 is 2.60 bits per heavy atom. The number of amides is 2. The molecule has 1 fully saturated rings. The van der Waals surface area contributed by atoms with Gasteiger partial charge in [-0.25, -0.2) is 9.38 Å². The molecule has 2 aromatic rings. The minimum atomic E-state index is -0.642. The second-order valence-electron chi connectivity index (χ2n) is 6.72. The Morgan fingerprint density at radius 1 is 1.23 bits per heavy atom. The zero-order valence-corrected chi connectivity index (χ0v) is 17.5. The SMILES string of the molecule is CC(=O)Oc1ccc(C)cc1NC(=O)C[C@H]1SC(=Nc2ccc(F)cc2)N(C)C1=O. The highest BCUT2D eigenvalue weighted by Crippen LogP contribution is 2.32. The highest BCUT2D eigenvalue weighted by Gasteiger charge is 2.37. The zero-order chi connectivity index (χ0) is 21.8. The zero-order valence-electron chi connectivity index (χ0n) is 16.6. The molecule has 1 saturated heterocycles. The van der Waals surface area contributed by atoms with Crippen LogP contribution in [0.5, 0.6) is 5.75 Å². The van der Waals surface area contributed by atoms with Gasteiger partial charge in [0.15, 0.2) is 10.9 Å². The lowest BCUT2D eigenvalue weighted by Crippen LogP contribution is -2.30. The third-order valence-electron chi connectivity index (χ3n) is 4.23. The molecule has 0 spiro atoms. The molecule has 1 N–H and O–H groups in total. The van der Waals surface area contributed by atoms with Crippen LogP contribution in [-0.4, -0.2) is 40.1 Å². The van der Waals surface area contributed by atoms with E-state index < -0.39 is 17.1 Å². The van der Waals surface area contributed by atoms with Crippen LogP contribution in [0, 0.1) is 12.7 Å². The number of carbonyl (C=O) groups is 3. The molecule has 1 aliphatic heterocycles. The number of anilines is 1. The standard InChI is InChI=1S/C21H20FN3O4S/c1-12-4-9-17(29-13(2)26)16(10-12)24-19(27)11-18-20(28)25(3)21(30-18)23-15-7-5-14(22)6-8-15/h4-10,18H,11H2,1-3H3,(H,24,27)/t18-/m1/s1. The Hall–Kier alpha value is -3.20. The van der Waals surface area contributed by atoms with Gasteiger partial charge in [-0.1, -0.05) is 17.8 Å². The second kappa shape index (κ2) is 9.08. The molecular formula is C21H20FN3O4S. The van der Waals surface area contributed by atoms with Crippen molar-refractivity contribution in [1.29, 1.82) is 0 Å². The van der Waals surface area contributed by atoms with Gasteiger partial charge >= 0.3 is 5.97 Å². The number of nitrogens with one attached hydrogen (secondary N) is 1. The van der Waals surface area contributed by atoms with Crippen LogP contribution < -0.4 is 10.1 Å². The Kier molecular flexibility index (Phi) is 6.51. The van der Waals surface area contributed by atoms with Gasteiger partial charge in [0.05, 0.1) is 11.4 Å². The number of rotatable bonds is 5. The summed E-state index contributed by atoms with van der Waals surface area (Å²) in [6, 6.07) is 10.6. The molecular weight excluding hydrogens is 409 g/mol. The molecule has 0 bridgehead atoms. The Labute approximate surface area is 177 Å². The fraction of sp³-hybridized carbons (Fsp3) is 0.238. The molecule has 7 nitrogen and oxygen atoms in total. The van der Waals surface area contributed by atoms with E-state index in [-0.39, 0.29) is 23.9 Å². The van der Waals surface area contributed by atoms with E-state index in [1.54, 1.807) is 25.2 Å². The predicted molar refractivity (Wildman–Crippen MR) is 113 cm³/mol. The topological polar surface area (TPSA) is 88.1 Å². The molecule has 0 radical (unpaired) electrons. The number of halogens is 1. The summed E-state index contributed by atoms with van der Waals surface area (Å²) in [5.74, 6) is -1.28. The monoisotopic (exact) mass is 429 g/mol. The molecule has 9 heteroatoms. The number of nitrogens with zero attached hydrogens (tertiary/aromatic N) is 2. The lowest BCUT2D eigenvalue weighted by molar-refractivity contribution is -0.132. The van der Waals surface area contributed by atoms with Gasteiger partial charge in [0, 0.05) is 20.4 Å². The van der Waals surface area contributed by atoms with Crippen molar-refractivity contribution in [2.45, 2.75) is 25.5 Å². The maximum Gasteiger partial charge on any atom is 0.308 e. The number of aryl methyl sites for hydroxylation is 1. The number of ether oxygens (including phenoxy) is 1. The van der Waals surface area contributed by atoms with Crippen LogP contribution in [-0.2, 0) is 14.4 Å². The van der Waals surface area contributed by atoms with E-state index in [0.717, 1.165) is 5.56 Å². The van der Waals surface area contributed by atoms with Crippen LogP contribution in [0.4, 0.5) is 15.8 Å². The Balaban J connectivity index is 1.70. The third-order valence-corrected chi connectivity index (χ3v) is 5.45. The quantitative estimate of drug-likeness (QED) is 0.579. The summed E-state index contributed by atoms with van der Waals surface area (Å²) >= 11 is 1.17. The summed E-state index contributed by atoms with van der Waals surface area (Å²) in [7, 11) is 1.58. The van der Waals surface area contributed by atoms with Gasteiger partial charge < -0.3 is 10.1 Å². The normalized spacial score (nSPS) is 17.3. The first-order chi connectivity index (χ1) is 14.2. The molecule has 1 heterocycles. The summed E-state index contributed by atoms with van der Waals surface area (Å²) < 4.78 is 18.2. The van der Waals surface area contributed by atoms with Crippen LogP contribution in [0.1, 0.15) is 18.9 Å². The van der Waals surface area contributed by atoms with Gasteiger partial charge in [-0.2, -0.15) is 0 Å². The number of esters is 1. The summed E-state index contributed by atoms with van der Waals surface area (Å²) in [5.41, 5.74) is 1.75. The van der Waals surface area contributed by atoms with Crippen LogP contribution >= 0.6 is 11.8 Å². The Bertz CT molecular complexity index is 1020. The number of hydrogen-bond acceptors (Lipinski definition) is 6. The van der Waals surface area contributed by atoms with Crippen molar-refractivity contribution in [2.75, 3.05) is 12.4 Å². The Morgan fingerprint density at radius 2 is 1.93 bits per heavy atom. The molecule has 2 amide bonds. The summed E-state index contributed by atoms with van der Waals surface area (Å²) in [6.07, 6.45) is -0.0796. The van der Waals surface area contributed by atoms with Crippen molar-refractivity contribution in [2.24, 2.45) is 4.99 Å². The first-order valence-corrected chi connectivity index (χ1v) is 9.98. The van der Waals surface area contributed by atoms with E-state index in [0.29, 0.717) is 16.5 Å². The number of amidine groups is 1. The maximum atomic E-state index is 13.1. The number of hydrogen-bond donors (Lipinski definition) is 1. The lowest BCUT2D eigenvalue weighted by Gasteiger charge is -2.12. The number of benzene rings is 2. The first kappa shape index (κ1) is 21.5. The van der Waals surface area contributed by atoms with E-state index in [2.05, 4.69) is 10.3 Å². The van der Waals surface area contributed by atoms with Crippen molar-refractivity contribution < 1.29 is 23.5 Å². The third kappa shape index (κ3) is 5.24. The van der Waals surface area contributed by atoms with E-state index in [9.17, 15) is 18.8 Å². The lowest BCUT2D eigenvalue weighted by atomic mass is 10.2. The maximum absolute atomic E-state index is 13.1. The highest BCUT2D eigenvalue weighted by molar-refractivity contribution is 8.15. The molecule has 1 atom stereocenters. The van der Waals surface area contributed by atoms with Crippen molar-refractivity contribution in [3.63, 3.8) is 0 Å². The summed E-state index contributed by atoms with van der Waals surface area (Å²) in [5, 5.41) is 2.50. The van der Waals surface area contributed by atoms with Gasteiger partial charge in [-0.15, -0.1) is 0 Å². The molecule has 1 aliphatic rings. The van der Waals surface area contributed by atoms with Crippen LogP contribution in [0.3, 0.4) is 0 Å². The van der Waals surface area contributed by atoms with Crippen molar-refractivity contribution in [3.05, 3.63) is 53.8 Å². The van der Waals surface area contributed by atoms with Crippen molar-refractivity contribution in [1.82, 2.24) is 4.90 Å². The average molecular weight is 429 g/mol. The molecule has 30 heavy (non-hydrogen) atoms. The van der Waals surface area contributed by atoms with Gasteiger partial charge in [0.25, 0.3) is 0 Å². The van der Waals surface area contributed by atoms with Gasteiger partial charge in [0.2, 0.25) is 11.8 Å². The van der Waals surface area contributed by atoms with E-state index >= 15 is 0 Å². The van der Waals surface area contributed by atoms with Crippen LogP contribution in [0.25, 0.3) is 0 Å². The van der Waals surface area contributed by atoms with Crippen LogP contribution in [0.2, 0.25) is 0 Å². The molecule has 0 unspecified atom stereocenters. The minimum Gasteiger partial charge on any atom is -0.424 e. The molecule has 0 saturated carbocycles. The molecule has 0 aliphatic carbocycles. The van der Waals surface area contributed by atoms with Gasteiger partial charge in [0.1, 0.15) is 11.1 Å². The number of thioether (sulfide) groups is 1. The number of aliphatic imine (C=N–C) groups is 1.